The van der Waals surface area contributed by atoms with Crippen molar-refractivity contribution < 1.29 is 28.9 Å². The van der Waals surface area contributed by atoms with Gasteiger partial charge in [0, 0.05) is 12.7 Å². The maximum atomic E-state index is 13.8. The minimum Gasteiger partial charge on any atom is -0.481 e. The van der Waals surface area contributed by atoms with Gasteiger partial charge in [0.2, 0.25) is 17.9 Å². The average molecular weight is 529 g/mol. The molecule has 39 heavy (non-hydrogen) atoms. The summed E-state index contributed by atoms with van der Waals surface area (Å²) in [6.45, 7) is 0. The number of aliphatic carboxylic acids is 1. The molecule has 2 N–H and O–H groups in total. The number of hydrogen-bond acceptors (Lipinski definition) is 7. The maximum Gasteiger partial charge on any atom is 0.348 e. The number of urea groups is 1. The molecule has 4 aromatic rings. The molecule has 1 aromatic heterocycles. The number of methoxy groups -OCH3 is 2. The van der Waals surface area contributed by atoms with Crippen molar-refractivity contribution in [1.82, 2.24) is 15.3 Å². The van der Waals surface area contributed by atoms with E-state index in [1.807, 2.05) is 6.07 Å². The minimum absolute atomic E-state index is 0.110. The van der Waals surface area contributed by atoms with Gasteiger partial charge < -0.3 is 24.6 Å². The molecule has 200 valence electrons. The van der Waals surface area contributed by atoms with Crippen molar-refractivity contribution in [2.75, 3.05) is 26.2 Å². The van der Waals surface area contributed by atoms with Crippen LogP contribution in [0.1, 0.15) is 11.1 Å². The number of carboxylic acids is 1. The molecule has 0 saturated carbocycles. The molecule has 1 heterocycles. The zero-order valence-corrected chi connectivity index (χ0v) is 21.6. The Hall–Kier alpha value is -5.12. The van der Waals surface area contributed by atoms with E-state index < -0.39 is 23.6 Å². The Morgan fingerprint density at radius 3 is 1.72 bits per heavy atom. The van der Waals surface area contributed by atoms with Crippen LogP contribution in [0.5, 0.6) is 17.8 Å². The van der Waals surface area contributed by atoms with Crippen LogP contribution < -0.4 is 24.4 Å². The number of rotatable bonds is 10. The fraction of sp³-hybridized carbons (Fsp3) is 0.172. The third kappa shape index (κ3) is 5.74. The lowest BCUT2D eigenvalue weighted by molar-refractivity contribution is -0.148. The number of carboxylic acid groups (broad SMARTS) is 1. The van der Waals surface area contributed by atoms with E-state index >= 15 is 0 Å². The summed E-state index contributed by atoms with van der Waals surface area (Å²) in [5.41, 5.74) is -0.186. The molecule has 0 bridgehead atoms. The smallest absolute Gasteiger partial charge is 0.348 e. The molecule has 0 aliphatic carbocycles. The molecule has 2 amide bonds. The van der Waals surface area contributed by atoms with E-state index in [1.165, 1.54) is 25.2 Å². The lowest BCUT2D eigenvalue weighted by Crippen LogP contribution is -2.61. The van der Waals surface area contributed by atoms with Gasteiger partial charge in [-0.1, -0.05) is 78.9 Å². The molecule has 1 atom stereocenters. The first-order valence-corrected chi connectivity index (χ1v) is 12.0. The first-order chi connectivity index (χ1) is 18.9. The summed E-state index contributed by atoms with van der Waals surface area (Å²) in [4.78, 5) is 36.5. The maximum absolute atomic E-state index is 13.8. The number of hydrogen-bond donors (Lipinski definition) is 2. The average Bonchev–Trinajstić information content (AvgIpc) is 2.99. The topological polar surface area (TPSA) is 123 Å². The summed E-state index contributed by atoms with van der Waals surface area (Å²) < 4.78 is 16.4. The second kappa shape index (κ2) is 12.0. The van der Waals surface area contributed by atoms with Gasteiger partial charge in [0.1, 0.15) is 5.54 Å². The number of aromatic nitrogens is 2. The van der Waals surface area contributed by atoms with Crippen LogP contribution in [-0.4, -0.2) is 54.4 Å². The highest BCUT2D eigenvalue weighted by Crippen LogP contribution is 2.36. The number of carbonyl (C=O) groups excluding carboxylic acids is 1. The van der Waals surface area contributed by atoms with Crippen LogP contribution in [0.25, 0.3) is 0 Å². The van der Waals surface area contributed by atoms with Gasteiger partial charge in [-0.05, 0) is 23.3 Å². The van der Waals surface area contributed by atoms with Crippen LogP contribution in [0.4, 0.5) is 10.5 Å². The molecule has 0 spiro atoms. The van der Waals surface area contributed by atoms with E-state index in [2.05, 4.69) is 15.3 Å². The van der Waals surface area contributed by atoms with Crippen molar-refractivity contribution in [3.63, 3.8) is 0 Å². The molecule has 1 unspecified atom stereocenters. The minimum atomic E-state index is -1.73. The van der Waals surface area contributed by atoms with Gasteiger partial charge in [0.25, 0.3) is 0 Å². The largest absolute Gasteiger partial charge is 0.481 e. The number of nitrogens with one attached hydrogen (secondary N) is 1. The van der Waals surface area contributed by atoms with E-state index in [0.717, 1.165) is 0 Å². The zero-order chi connectivity index (χ0) is 27.8. The van der Waals surface area contributed by atoms with Crippen LogP contribution in [0.15, 0.2) is 97.1 Å². The Morgan fingerprint density at radius 1 is 0.821 bits per heavy atom. The quantitative estimate of drug-likeness (QED) is 0.315. The van der Waals surface area contributed by atoms with Crippen LogP contribution in [-0.2, 0) is 10.3 Å². The summed E-state index contributed by atoms with van der Waals surface area (Å²) >= 11 is 0. The molecule has 0 radical (unpaired) electrons. The molecule has 0 saturated heterocycles. The second-order valence-corrected chi connectivity index (χ2v) is 8.44. The number of para-hydroxylation sites is 1. The fourth-order valence-corrected chi connectivity index (χ4v) is 4.18. The SMILES string of the molecule is COc1cc(OC)nc(OC(C(=O)O)C(NC(=O)N(C)c2ccccc2)(c2ccccc2)c2ccccc2)n1. The highest BCUT2D eigenvalue weighted by molar-refractivity contribution is 5.93. The van der Waals surface area contributed by atoms with Crippen LogP contribution in [0, 0.1) is 0 Å². The van der Waals surface area contributed by atoms with Gasteiger partial charge in [-0.25, -0.2) is 9.59 Å². The highest BCUT2D eigenvalue weighted by atomic mass is 16.5. The van der Waals surface area contributed by atoms with Crippen LogP contribution >= 0.6 is 0 Å². The third-order valence-corrected chi connectivity index (χ3v) is 6.13. The molecular formula is C29H28N4O6. The summed E-state index contributed by atoms with van der Waals surface area (Å²) in [7, 11) is 4.40. The van der Waals surface area contributed by atoms with Gasteiger partial charge >= 0.3 is 18.0 Å². The summed E-state index contributed by atoms with van der Waals surface area (Å²) in [5.74, 6) is -1.14. The van der Waals surface area contributed by atoms with E-state index in [9.17, 15) is 14.7 Å². The standard InChI is InChI=1S/C29H28N4O6/c1-33(22-17-11-6-12-18-22)28(36)32-29(20-13-7-4-8-14-20,21-15-9-5-10-16-21)25(26(34)35)39-27-30-23(37-2)19-24(31-27)38-3/h4-19,25H,1-3H3,(H,32,36)(H,34,35). The fourth-order valence-electron chi connectivity index (χ4n) is 4.18. The van der Waals surface area contributed by atoms with Crippen molar-refractivity contribution in [2.45, 2.75) is 11.6 Å². The highest BCUT2D eigenvalue weighted by Gasteiger charge is 2.50. The summed E-state index contributed by atoms with van der Waals surface area (Å²) in [6.07, 6.45) is -1.73. The lowest BCUT2D eigenvalue weighted by Gasteiger charge is -2.40. The monoisotopic (exact) mass is 528 g/mol. The number of nitrogens with zero attached hydrogens (tertiary/aromatic N) is 3. The predicted molar refractivity (Wildman–Crippen MR) is 144 cm³/mol. The summed E-state index contributed by atoms with van der Waals surface area (Å²) in [5, 5.41) is 13.6. The van der Waals surface area contributed by atoms with Crippen LogP contribution in [0.2, 0.25) is 0 Å². The summed E-state index contributed by atoms with van der Waals surface area (Å²) in [6, 6.07) is 27.1. The van der Waals surface area contributed by atoms with Crippen molar-refractivity contribution in [3.8, 4) is 17.8 Å². The number of anilines is 1. The van der Waals surface area contributed by atoms with Crippen molar-refractivity contribution in [2.24, 2.45) is 0 Å². The van der Waals surface area contributed by atoms with E-state index in [-0.39, 0.29) is 17.8 Å². The Kier molecular flexibility index (Phi) is 8.25. The number of amides is 2. The van der Waals surface area contributed by atoms with Gasteiger partial charge in [0.15, 0.2) is 0 Å². The molecule has 4 rings (SSSR count). The molecular weight excluding hydrogens is 500 g/mol. The van der Waals surface area contributed by atoms with Gasteiger partial charge in [-0.2, -0.15) is 9.97 Å². The van der Waals surface area contributed by atoms with E-state index in [4.69, 9.17) is 14.2 Å². The van der Waals surface area contributed by atoms with E-state index in [0.29, 0.717) is 16.8 Å². The van der Waals surface area contributed by atoms with E-state index in [1.54, 1.807) is 92.0 Å². The predicted octanol–water partition coefficient (Wildman–Crippen LogP) is 4.12. The first-order valence-electron chi connectivity index (χ1n) is 12.0. The normalized spacial score (nSPS) is 11.7. The molecule has 0 fully saturated rings. The number of benzene rings is 3. The molecule has 3 aromatic carbocycles. The lowest BCUT2D eigenvalue weighted by atomic mass is 9.78. The third-order valence-electron chi connectivity index (χ3n) is 6.13. The Bertz CT molecular complexity index is 1340. The molecule has 10 heteroatoms. The van der Waals surface area contributed by atoms with Crippen molar-refractivity contribution >= 4 is 17.7 Å². The Labute approximate surface area is 225 Å². The van der Waals surface area contributed by atoms with Crippen molar-refractivity contribution in [1.29, 1.82) is 0 Å². The molecule has 10 nitrogen and oxygen atoms in total. The van der Waals surface area contributed by atoms with Gasteiger partial charge in [-0.15, -0.1) is 0 Å². The second-order valence-electron chi connectivity index (χ2n) is 8.44. The molecule has 0 aliphatic rings. The van der Waals surface area contributed by atoms with Gasteiger partial charge in [0.05, 0.1) is 20.3 Å². The van der Waals surface area contributed by atoms with Crippen LogP contribution in [0.3, 0.4) is 0 Å². The zero-order valence-electron chi connectivity index (χ0n) is 21.6. The number of ether oxygens (including phenoxy) is 3. The van der Waals surface area contributed by atoms with Gasteiger partial charge in [-0.3, -0.25) is 4.90 Å². The Morgan fingerprint density at radius 2 is 1.28 bits per heavy atom. The number of carbonyl (C=O) groups is 2. The first kappa shape index (κ1) is 26.9. The molecule has 0 aliphatic heterocycles. The Balaban J connectivity index is 1.91. The van der Waals surface area contributed by atoms with Crippen molar-refractivity contribution in [3.05, 3.63) is 108 Å².